The maximum Gasteiger partial charge on any atom is 0.255 e. The van der Waals surface area contributed by atoms with E-state index in [1.54, 1.807) is 7.05 Å². The fourth-order valence-corrected chi connectivity index (χ4v) is 2.05. The van der Waals surface area contributed by atoms with Gasteiger partial charge in [0.25, 0.3) is 5.91 Å². The van der Waals surface area contributed by atoms with E-state index in [1.165, 1.54) is 16.8 Å². The molecule has 0 radical (unpaired) electrons. The molecule has 0 bridgehead atoms. The SMILES string of the molecule is CCCc1nn(C)c(Oc2cccc(F)c2C(N)=O)c1N. The first-order valence-electron chi connectivity index (χ1n) is 6.53. The first-order valence-corrected chi connectivity index (χ1v) is 6.53. The average Bonchev–Trinajstić information content (AvgIpc) is 2.67. The highest BCUT2D eigenvalue weighted by atomic mass is 19.1. The summed E-state index contributed by atoms with van der Waals surface area (Å²) in [6.07, 6.45) is 1.59. The number of primary amides is 1. The van der Waals surface area contributed by atoms with Gasteiger partial charge in [-0.15, -0.1) is 0 Å². The van der Waals surface area contributed by atoms with Crippen molar-refractivity contribution < 1.29 is 13.9 Å². The summed E-state index contributed by atoms with van der Waals surface area (Å²) in [5.74, 6) is -1.38. The van der Waals surface area contributed by atoms with Crippen LogP contribution in [0.2, 0.25) is 0 Å². The van der Waals surface area contributed by atoms with Gasteiger partial charge in [-0.2, -0.15) is 5.10 Å². The number of carbonyl (C=O) groups excluding carboxylic acids is 1. The van der Waals surface area contributed by atoms with Gasteiger partial charge in [0.05, 0.1) is 5.69 Å². The molecule has 0 spiro atoms. The van der Waals surface area contributed by atoms with Crippen molar-refractivity contribution in [1.82, 2.24) is 9.78 Å². The lowest BCUT2D eigenvalue weighted by atomic mass is 10.2. The predicted molar refractivity (Wildman–Crippen MR) is 76.6 cm³/mol. The highest BCUT2D eigenvalue weighted by Crippen LogP contribution is 2.32. The van der Waals surface area contributed by atoms with Crippen LogP contribution < -0.4 is 16.2 Å². The maximum absolute atomic E-state index is 13.7. The third kappa shape index (κ3) is 2.81. The number of carbonyl (C=O) groups is 1. The number of hydrogen-bond acceptors (Lipinski definition) is 4. The molecule has 0 unspecified atom stereocenters. The highest BCUT2D eigenvalue weighted by molar-refractivity contribution is 5.96. The second kappa shape index (κ2) is 5.82. The second-order valence-corrected chi connectivity index (χ2v) is 4.62. The lowest BCUT2D eigenvalue weighted by molar-refractivity contribution is 0.0994. The molecule has 0 aliphatic carbocycles. The van der Waals surface area contributed by atoms with Gasteiger partial charge in [-0.1, -0.05) is 19.4 Å². The Bertz CT molecular complexity index is 682. The van der Waals surface area contributed by atoms with Gasteiger partial charge in [0.2, 0.25) is 5.88 Å². The van der Waals surface area contributed by atoms with E-state index in [4.69, 9.17) is 16.2 Å². The Kier molecular flexibility index (Phi) is 4.11. The minimum absolute atomic E-state index is 0.0141. The number of aromatic nitrogens is 2. The van der Waals surface area contributed by atoms with Crippen molar-refractivity contribution in [1.29, 1.82) is 0 Å². The molecule has 4 N–H and O–H groups in total. The number of amides is 1. The number of rotatable bonds is 5. The molecule has 0 aliphatic heterocycles. The number of nitrogens with two attached hydrogens (primary N) is 2. The molecule has 1 heterocycles. The smallest absolute Gasteiger partial charge is 0.255 e. The number of nitrogens with zero attached hydrogens (tertiary/aromatic N) is 2. The Morgan fingerprint density at radius 1 is 1.48 bits per heavy atom. The molecule has 2 rings (SSSR count). The van der Waals surface area contributed by atoms with Crippen molar-refractivity contribution in [2.75, 3.05) is 5.73 Å². The number of halogens is 1. The van der Waals surface area contributed by atoms with Crippen LogP contribution in [0.1, 0.15) is 29.4 Å². The monoisotopic (exact) mass is 292 g/mol. The number of nitrogen functional groups attached to an aromatic ring is 1. The quantitative estimate of drug-likeness (QED) is 0.880. The summed E-state index contributed by atoms with van der Waals surface area (Å²) in [6.45, 7) is 2.01. The van der Waals surface area contributed by atoms with Crippen LogP contribution in [0.5, 0.6) is 11.6 Å². The number of benzene rings is 1. The molecule has 6 nitrogen and oxygen atoms in total. The van der Waals surface area contributed by atoms with Gasteiger partial charge in [-0.3, -0.25) is 4.79 Å². The van der Waals surface area contributed by atoms with Crippen LogP contribution in [0.4, 0.5) is 10.1 Å². The van der Waals surface area contributed by atoms with Crippen LogP contribution in [0, 0.1) is 5.82 Å². The largest absolute Gasteiger partial charge is 0.436 e. The van der Waals surface area contributed by atoms with Gasteiger partial charge < -0.3 is 16.2 Å². The van der Waals surface area contributed by atoms with E-state index in [1.807, 2.05) is 6.92 Å². The minimum Gasteiger partial charge on any atom is -0.436 e. The van der Waals surface area contributed by atoms with Crippen LogP contribution in [0.3, 0.4) is 0 Å². The van der Waals surface area contributed by atoms with E-state index in [-0.39, 0.29) is 17.2 Å². The molecule has 21 heavy (non-hydrogen) atoms. The molecule has 0 aliphatic rings. The molecule has 0 saturated carbocycles. The zero-order valence-corrected chi connectivity index (χ0v) is 11.9. The Morgan fingerprint density at radius 2 is 2.19 bits per heavy atom. The summed E-state index contributed by atoms with van der Waals surface area (Å²) in [5.41, 5.74) is 11.9. The zero-order valence-electron chi connectivity index (χ0n) is 11.9. The number of hydrogen-bond donors (Lipinski definition) is 2. The van der Waals surface area contributed by atoms with Crippen molar-refractivity contribution in [2.24, 2.45) is 12.8 Å². The summed E-state index contributed by atoms with van der Waals surface area (Å²) in [6, 6.07) is 4.02. The number of anilines is 1. The van der Waals surface area contributed by atoms with E-state index in [0.29, 0.717) is 17.8 Å². The fraction of sp³-hybridized carbons (Fsp3) is 0.286. The van der Waals surface area contributed by atoms with E-state index >= 15 is 0 Å². The van der Waals surface area contributed by atoms with Gasteiger partial charge in [0, 0.05) is 7.05 Å². The summed E-state index contributed by atoms with van der Waals surface area (Å²) >= 11 is 0. The first kappa shape index (κ1) is 14.8. The Balaban J connectivity index is 2.44. The molecule has 0 atom stereocenters. The van der Waals surface area contributed by atoms with E-state index < -0.39 is 11.7 Å². The van der Waals surface area contributed by atoms with Crippen molar-refractivity contribution in [3.8, 4) is 11.6 Å². The predicted octanol–water partition coefficient (Wildman–Crippen LogP) is 1.99. The highest BCUT2D eigenvalue weighted by Gasteiger charge is 2.20. The molecule has 2 aromatic rings. The maximum atomic E-state index is 13.7. The number of ether oxygens (including phenoxy) is 1. The molecular weight excluding hydrogens is 275 g/mol. The molecule has 7 heteroatoms. The Labute approximate surface area is 121 Å². The van der Waals surface area contributed by atoms with Crippen LogP contribution in [-0.2, 0) is 13.5 Å². The van der Waals surface area contributed by atoms with Gasteiger partial charge in [0.15, 0.2) is 0 Å². The lowest BCUT2D eigenvalue weighted by Crippen LogP contribution is -2.14. The fourth-order valence-electron chi connectivity index (χ4n) is 2.05. The first-order chi connectivity index (χ1) is 9.95. The van der Waals surface area contributed by atoms with Crippen LogP contribution in [0.15, 0.2) is 18.2 Å². The van der Waals surface area contributed by atoms with Crippen molar-refractivity contribution >= 4 is 11.6 Å². The van der Waals surface area contributed by atoms with Crippen molar-refractivity contribution in [2.45, 2.75) is 19.8 Å². The van der Waals surface area contributed by atoms with E-state index in [9.17, 15) is 9.18 Å². The van der Waals surface area contributed by atoms with Crippen molar-refractivity contribution in [3.05, 3.63) is 35.3 Å². The zero-order chi connectivity index (χ0) is 15.6. The summed E-state index contributed by atoms with van der Waals surface area (Å²) in [7, 11) is 1.66. The van der Waals surface area contributed by atoms with Gasteiger partial charge in [-0.25, -0.2) is 9.07 Å². The second-order valence-electron chi connectivity index (χ2n) is 4.62. The van der Waals surface area contributed by atoms with Gasteiger partial charge in [0.1, 0.15) is 22.8 Å². The summed E-state index contributed by atoms with van der Waals surface area (Å²) in [5, 5.41) is 4.25. The normalized spacial score (nSPS) is 10.6. The Morgan fingerprint density at radius 3 is 2.81 bits per heavy atom. The van der Waals surface area contributed by atoms with E-state index in [2.05, 4.69) is 5.10 Å². The van der Waals surface area contributed by atoms with Crippen LogP contribution in [-0.4, -0.2) is 15.7 Å². The topological polar surface area (TPSA) is 96.2 Å². The van der Waals surface area contributed by atoms with Gasteiger partial charge in [-0.05, 0) is 18.6 Å². The Hall–Kier alpha value is -2.57. The molecule has 112 valence electrons. The molecule has 0 saturated heterocycles. The van der Waals surface area contributed by atoms with Crippen LogP contribution >= 0.6 is 0 Å². The third-order valence-electron chi connectivity index (χ3n) is 3.02. The molecule has 1 aromatic carbocycles. The third-order valence-corrected chi connectivity index (χ3v) is 3.02. The molecule has 1 aromatic heterocycles. The van der Waals surface area contributed by atoms with Gasteiger partial charge >= 0.3 is 0 Å². The summed E-state index contributed by atoms with van der Waals surface area (Å²) in [4.78, 5) is 11.4. The minimum atomic E-state index is -0.905. The van der Waals surface area contributed by atoms with Crippen molar-refractivity contribution in [3.63, 3.8) is 0 Å². The molecular formula is C14H17FN4O2. The van der Waals surface area contributed by atoms with Crippen LogP contribution in [0.25, 0.3) is 0 Å². The molecule has 0 fully saturated rings. The lowest BCUT2D eigenvalue weighted by Gasteiger charge is -2.10. The average molecular weight is 292 g/mol. The number of aryl methyl sites for hydroxylation is 2. The van der Waals surface area contributed by atoms with E-state index in [0.717, 1.165) is 12.5 Å². The molecule has 1 amide bonds. The summed E-state index contributed by atoms with van der Waals surface area (Å²) < 4.78 is 20.7. The standard InChI is InChI=1S/C14H17FN4O2/c1-3-5-9-12(16)14(19(2)18-9)21-10-7-4-6-8(15)11(10)13(17)20/h4,6-7H,3,5,16H2,1-2H3,(H2,17,20).